The van der Waals surface area contributed by atoms with Crippen molar-refractivity contribution in [2.75, 3.05) is 13.3 Å². The van der Waals surface area contributed by atoms with Crippen LogP contribution < -0.4 is 14.8 Å². The number of amides is 1. The largest absolute Gasteiger partial charge is 0.454 e. The van der Waals surface area contributed by atoms with Crippen molar-refractivity contribution < 1.29 is 14.3 Å². The Kier molecular flexibility index (Phi) is 5.55. The van der Waals surface area contributed by atoms with E-state index in [2.05, 4.69) is 5.32 Å². The summed E-state index contributed by atoms with van der Waals surface area (Å²) in [6.45, 7) is 1.53. The first-order valence-corrected chi connectivity index (χ1v) is 10.2. The molecule has 1 N–H and O–H groups in total. The third kappa shape index (κ3) is 4.09. The Morgan fingerprint density at radius 2 is 1.77 bits per heavy atom. The molecule has 0 aromatic heterocycles. The van der Waals surface area contributed by atoms with Gasteiger partial charge in [-0.05, 0) is 37.3 Å². The topological polar surface area (TPSA) is 50.8 Å². The molecule has 2 aliphatic heterocycles. The molecule has 1 atom stereocenters. The minimum Gasteiger partial charge on any atom is -0.454 e. The molecule has 0 radical (unpaired) electrons. The fourth-order valence-electron chi connectivity index (χ4n) is 4.26. The Bertz CT molecular complexity index is 661. The number of nitrogens with zero attached hydrogens (tertiary/aromatic N) is 1. The molecule has 2 heterocycles. The van der Waals surface area contributed by atoms with E-state index in [1.807, 2.05) is 11.0 Å². The molecule has 1 unspecified atom stereocenters. The third-order valence-electron chi connectivity index (χ3n) is 5.79. The van der Waals surface area contributed by atoms with Crippen LogP contribution in [0.25, 0.3) is 0 Å². The summed E-state index contributed by atoms with van der Waals surface area (Å²) < 4.78 is 10.8. The highest BCUT2D eigenvalue weighted by Crippen LogP contribution is 2.37. The maximum atomic E-state index is 12.6. The lowest BCUT2D eigenvalue weighted by atomic mass is 9.94. The van der Waals surface area contributed by atoms with Crippen molar-refractivity contribution in [3.05, 3.63) is 22.7 Å². The van der Waals surface area contributed by atoms with Crippen molar-refractivity contribution in [3.8, 4) is 11.5 Å². The second-order valence-electron chi connectivity index (χ2n) is 7.64. The first-order chi connectivity index (χ1) is 12.7. The van der Waals surface area contributed by atoms with E-state index in [1.165, 1.54) is 32.1 Å². The monoisotopic (exact) mass is 378 g/mol. The van der Waals surface area contributed by atoms with E-state index in [-0.39, 0.29) is 12.7 Å². The van der Waals surface area contributed by atoms with Crippen molar-refractivity contribution in [1.29, 1.82) is 0 Å². The molecule has 1 aliphatic carbocycles. The van der Waals surface area contributed by atoms with Crippen molar-refractivity contribution in [2.24, 2.45) is 0 Å². The number of hydrogen-bond acceptors (Lipinski definition) is 4. The molecule has 6 heteroatoms. The Labute approximate surface area is 160 Å². The van der Waals surface area contributed by atoms with Gasteiger partial charge in [0.25, 0.3) is 0 Å². The van der Waals surface area contributed by atoms with Gasteiger partial charge < -0.3 is 19.7 Å². The van der Waals surface area contributed by atoms with E-state index in [1.54, 1.807) is 6.07 Å². The zero-order chi connectivity index (χ0) is 17.9. The van der Waals surface area contributed by atoms with Gasteiger partial charge >= 0.3 is 0 Å². The molecule has 1 saturated carbocycles. The Morgan fingerprint density at radius 3 is 2.58 bits per heavy atom. The highest BCUT2D eigenvalue weighted by molar-refractivity contribution is 6.31. The van der Waals surface area contributed by atoms with Crippen LogP contribution in [0.1, 0.15) is 56.9 Å². The summed E-state index contributed by atoms with van der Waals surface area (Å²) in [6, 6.07) is 4.77. The SMILES string of the molecule is O=C1CCC(NC2CCCCC2)CCN1Cc1cc2c(cc1Cl)OCO2. The van der Waals surface area contributed by atoms with Crippen LogP contribution in [0.3, 0.4) is 0 Å². The lowest BCUT2D eigenvalue weighted by Crippen LogP contribution is -2.40. The van der Waals surface area contributed by atoms with Gasteiger partial charge in [-0.25, -0.2) is 0 Å². The molecular formula is C20H27ClN2O3. The van der Waals surface area contributed by atoms with Crippen LogP contribution in [0.4, 0.5) is 0 Å². The number of rotatable bonds is 4. The van der Waals surface area contributed by atoms with Gasteiger partial charge in [0.05, 0.1) is 0 Å². The van der Waals surface area contributed by atoms with Crippen LogP contribution in [0, 0.1) is 0 Å². The molecule has 142 valence electrons. The van der Waals surface area contributed by atoms with Crippen LogP contribution >= 0.6 is 11.6 Å². The summed E-state index contributed by atoms with van der Waals surface area (Å²) in [6.07, 6.45) is 9.13. The Hall–Kier alpha value is -1.46. The summed E-state index contributed by atoms with van der Waals surface area (Å²) in [5.74, 6) is 1.60. The number of ether oxygens (including phenoxy) is 2. The average molecular weight is 379 g/mol. The molecule has 4 rings (SSSR count). The minimum absolute atomic E-state index is 0.215. The van der Waals surface area contributed by atoms with Gasteiger partial charge in [0.2, 0.25) is 12.7 Å². The normalized spacial score (nSPS) is 24.0. The van der Waals surface area contributed by atoms with Crippen molar-refractivity contribution in [1.82, 2.24) is 10.2 Å². The predicted molar refractivity (Wildman–Crippen MR) is 101 cm³/mol. The first-order valence-electron chi connectivity index (χ1n) is 9.81. The maximum absolute atomic E-state index is 12.6. The third-order valence-corrected chi connectivity index (χ3v) is 6.14. The number of carbonyl (C=O) groups excluding carboxylic acids is 1. The van der Waals surface area contributed by atoms with Crippen molar-refractivity contribution >= 4 is 17.5 Å². The first kappa shape index (κ1) is 17.9. The zero-order valence-electron chi connectivity index (χ0n) is 15.1. The molecule has 3 aliphatic rings. The number of hydrogen-bond donors (Lipinski definition) is 1. The van der Waals surface area contributed by atoms with E-state index in [0.717, 1.165) is 24.9 Å². The van der Waals surface area contributed by atoms with Gasteiger partial charge in [-0.2, -0.15) is 0 Å². The number of benzene rings is 1. The lowest BCUT2D eigenvalue weighted by molar-refractivity contribution is -0.131. The van der Waals surface area contributed by atoms with E-state index >= 15 is 0 Å². The smallest absolute Gasteiger partial charge is 0.231 e. The van der Waals surface area contributed by atoms with Crippen molar-refractivity contribution in [3.63, 3.8) is 0 Å². The van der Waals surface area contributed by atoms with Gasteiger partial charge in [0, 0.05) is 42.7 Å². The van der Waals surface area contributed by atoms with Gasteiger partial charge in [0.15, 0.2) is 11.5 Å². The number of fused-ring (bicyclic) bond motifs is 1. The summed E-state index contributed by atoms with van der Waals surface area (Å²) in [4.78, 5) is 14.5. The van der Waals surface area contributed by atoms with Crippen LogP contribution in [0.15, 0.2) is 12.1 Å². The van der Waals surface area contributed by atoms with Crippen molar-refractivity contribution in [2.45, 2.75) is 70.0 Å². The number of nitrogens with one attached hydrogen (secondary N) is 1. The zero-order valence-corrected chi connectivity index (χ0v) is 15.9. The highest BCUT2D eigenvalue weighted by Gasteiger charge is 2.26. The molecule has 2 fully saturated rings. The Morgan fingerprint density at radius 1 is 1.04 bits per heavy atom. The lowest BCUT2D eigenvalue weighted by Gasteiger charge is -2.28. The van der Waals surface area contributed by atoms with Crippen LogP contribution in [-0.2, 0) is 11.3 Å². The van der Waals surface area contributed by atoms with E-state index in [9.17, 15) is 4.79 Å². The predicted octanol–water partition coefficient (Wildman–Crippen LogP) is 3.87. The molecule has 1 aromatic carbocycles. The molecule has 26 heavy (non-hydrogen) atoms. The van der Waals surface area contributed by atoms with Crippen LogP contribution in [0.5, 0.6) is 11.5 Å². The number of carbonyl (C=O) groups is 1. The Balaban J connectivity index is 1.37. The standard InChI is InChI=1S/C20H27ClN2O3/c21-17-11-19-18(25-13-26-19)10-14(17)12-23-9-8-16(6-7-20(23)24)22-15-4-2-1-3-5-15/h10-11,15-16,22H,1-9,12-13H2. The molecule has 5 nitrogen and oxygen atoms in total. The number of likely N-dealkylation sites (tertiary alicyclic amines) is 1. The molecule has 0 bridgehead atoms. The van der Waals surface area contributed by atoms with Crippen LogP contribution in [-0.4, -0.2) is 36.2 Å². The fraction of sp³-hybridized carbons (Fsp3) is 0.650. The van der Waals surface area contributed by atoms with Gasteiger partial charge in [-0.1, -0.05) is 30.9 Å². The molecule has 1 saturated heterocycles. The second kappa shape index (κ2) is 8.05. The van der Waals surface area contributed by atoms with E-state index in [0.29, 0.717) is 41.6 Å². The van der Waals surface area contributed by atoms with Gasteiger partial charge in [0.1, 0.15) is 0 Å². The second-order valence-corrected chi connectivity index (χ2v) is 8.05. The molecule has 1 amide bonds. The summed E-state index contributed by atoms with van der Waals surface area (Å²) in [5, 5.41) is 4.43. The fourth-order valence-corrected chi connectivity index (χ4v) is 4.47. The van der Waals surface area contributed by atoms with Gasteiger partial charge in [-0.3, -0.25) is 4.79 Å². The molecule has 0 spiro atoms. The van der Waals surface area contributed by atoms with E-state index < -0.39 is 0 Å². The molecular weight excluding hydrogens is 352 g/mol. The number of halogens is 1. The maximum Gasteiger partial charge on any atom is 0.231 e. The van der Waals surface area contributed by atoms with Gasteiger partial charge in [-0.15, -0.1) is 0 Å². The summed E-state index contributed by atoms with van der Waals surface area (Å²) in [7, 11) is 0. The average Bonchev–Trinajstić information content (AvgIpc) is 3.03. The minimum atomic E-state index is 0.215. The summed E-state index contributed by atoms with van der Waals surface area (Å²) >= 11 is 6.39. The highest BCUT2D eigenvalue weighted by atomic mass is 35.5. The quantitative estimate of drug-likeness (QED) is 0.864. The van der Waals surface area contributed by atoms with Crippen LogP contribution in [0.2, 0.25) is 5.02 Å². The van der Waals surface area contributed by atoms with E-state index in [4.69, 9.17) is 21.1 Å². The molecule has 1 aromatic rings. The summed E-state index contributed by atoms with van der Waals surface area (Å²) in [5.41, 5.74) is 0.919.